The van der Waals surface area contributed by atoms with Crippen molar-refractivity contribution in [1.82, 2.24) is 9.78 Å². The number of hydrogen-bond acceptors (Lipinski definition) is 4. The summed E-state index contributed by atoms with van der Waals surface area (Å²) in [6.45, 7) is 2.20. The molecule has 0 aliphatic heterocycles. The number of rotatable bonds is 7. The molecule has 5 heteroatoms. The van der Waals surface area contributed by atoms with Crippen molar-refractivity contribution in [2.24, 2.45) is 11.8 Å². The second-order valence-electron chi connectivity index (χ2n) is 9.76. The van der Waals surface area contributed by atoms with Gasteiger partial charge in [-0.05, 0) is 67.5 Å². The van der Waals surface area contributed by atoms with E-state index in [4.69, 9.17) is 15.9 Å². The maximum Gasteiger partial charge on any atom is 0.341 e. The van der Waals surface area contributed by atoms with Gasteiger partial charge in [0.05, 0.1) is 30.8 Å². The highest BCUT2D eigenvalue weighted by molar-refractivity contribution is 5.91. The maximum absolute atomic E-state index is 12.4. The fourth-order valence-electron chi connectivity index (χ4n) is 5.35. The predicted molar refractivity (Wildman–Crippen MR) is 137 cm³/mol. The number of aromatic nitrogens is 2. The van der Waals surface area contributed by atoms with E-state index in [1.807, 2.05) is 28.9 Å². The van der Waals surface area contributed by atoms with Crippen LogP contribution in [0.1, 0.15) is 67.4 Å². The lowest BCUT2D eigenvalue weighted by atomic mass is 9.86. The molecule has 2 fully saturated rings. The maximum atomic E-state index is 12.4. The minimum absolute atomic E-state index is 0.109. The highest BCUT2D eigenvalue weighted by atomic mass is 16.5. The lowest BCUT2D eigenvalue weighted by molar-refractivity contribution is 0.0599. The van der Waals surface area contributed by atoms with E-state index in [2.05, 4.69) is 42.2 Å². The summed E-state index contributed by atoms with van der Waals surface area (Å²) in [7, 11) is 1.39. The first kappa shape index (κ1) is 23.2. The molecular weight excluding hydrogens is 436 g/mol. The van der Waals surface area contributed by atoms with Crippen LogP contribution < -0.4 is 4.74 Å². The van der Waals surface area contributed by atoms with Gasteiger partial charge in [0, 0.05) is 11.8 Å². The Morgan fingerprint density at radius 1 is 1.11 bits per heavy atom. The molecule has 0 amide bonds. The highest BCUT2D eigenvalue weighted by Crippen LogP contribution is 2.48. The molecule has 2 saturated carbocycles. The van der Waals surface area contributed by atoms with E-state index in [0.29, 0.717) is 11.5 Å². The molecule has 0 N–H and O–H groups in total. The van der Waals surface area contributed by atoms with E-state index < -0.39 is 0 Å². The molecule has 2 aliphatic carbocycles. The Balaban J connectivity index is 1.42. The fourth-order valence-corrected chi connectivity index (χ4v) is 5.35. The van der Waals surface area contributed by atoms with Crippen LogP contribution in [0, 0.1) is 24.2 Å². The van der Waals surface area contributed by atoms with E-state index >= 15 is 0 Å². The Labute approximate surface area is 207 Å². The summed E-state index contributed by atoms with van der Waals surface area (Å²) >= 11 is 0. The van der Waals surface area contributed by atoms with Crippen molar-refractivity contribution in [2.75, 3.05) is 7.11 Å². The molecule has 0 bridgehead atoms. The number of ether oxygens (including phenoxy) is 2. The molecule has 180 valence electrons. The second-order valence-corrected chi connectivity index (χ2v) is 9.76. The molecule has 3 atom stereocenters. The molecule has 1 aromatic heterocycles. The molecule has 2 aromatic carbocycles. The summed E-state index contributed by atoms with van der Waals surface area (Å²) in [5.74, 6) is 4.19. The molecular formula is C30H32N2O3. The van der Waals surface area contributed by atoms with E-state index in [1.54, 1.807) is 6.20 Å². The van der Waals surface area contributed by atoms with Gasteiger partial charge < -0.3 is 9.47 Å². The minimum Gasteiger partial charge on any atom is -0.490 e. The van der Waals surface area contributed by atoms with Gasteiger partial charge in [0.2, 0.25) is 0 Å². The number of esters is 1. The summed E-state index contributed by atoms with van der Waals surface area (Å²) < 4.78 is 13.2. The first-order valence-corrected chi connectivity index (χ1v) is 12.6. The average Bonchev–Trinajstić information content (AvgIpc) is 3.56. The average molecular weight is 469 g/mol. The number of terminal acetylenes is 1. The molecule has 35 heavy (non-hydrogen) atoms. The van der Waals surface area contributed by atoms with Gasteiger partial charge in [-0.1, -0.05) is 43.5 Å². The Bertz CT molecular complexity index is 1250. The number of nitrogens with zero attached hydrogens (tertiary/aromatic N) is 2. The van der Waals surface area contributed by atoms with Gasteiger partial charge in [0.25, 0.3) is 0 Å². The van der Waals surface area contributed by atoms with Crippen molar-refractivity contribution < 1.29 is 14.3 Å². The lowest BCUT2D eigenvalue weighted by Crippen LogP contribution is -2.25. The Kier molecular flexibility index (Phi) is 6.63. The minimum atomic E-state index is -0.387. The summed E-state index contributed by atoms with van der Waals surface area (Å²) in [6.07, 6.45) is 14.8. The lowest BCUT2D eigenvalue weighted by Gasteiger charge is -2.28. The standard InChI is InChI=1S/C30H32N2O3/c1-4-21-18-27(21)29-28(30(33)34-3)19-31-32(29)25-14-8-12-23(16-25)24-13-9-15-26(17-24)35-20(2)22-10-6-5-7-11-22/h1,8-9,12-17,19-22,27H,5-7,10-11,18H2,2-3H3/t20-,21?,27?/m0/s1. The summed E-state index contributed by atoms with van der Waals surface area (Å²) in [4.78, 5) is 12.4. The molecule has 2 unspecified atom stereocenters. The van der Waals surface area contributed by atoms with Crippen LogP contribution in [0.4, 0.5) is 0 Å². The number of carbonyl (C=O) groups is 1. The van der Waals surface area contributed by atoms with Crippen LogP contribution in [-0.2, 0) is 4.74 Å². The van der Waals surface area contributed by atoms with Gasteiger partial charge in [-0.2, -0.15) is 5.10 Å². The molecule has 3 aromatic rings. The first-order valence-electron chi connectivity index (χ1n) is 12.6. The molecule has 0 radical (unpaired) electrons. The van der Waals surface area contributed by atoms with Gasteiger partial charge in [-0.15, -0.1) is 12.3 Å². The van der Waals surface area contributed by atoms with E-state index in [-0.39, 0.29) is 23.9 Å². The third-order valence-corrected chi connectivity index (χ3v) is 7.46. The van der Waals surface area contributed by atoms with Crippen molar-refractivity contribution in [2.45, 2.75) is 57.5 Å². The molecule has 2 aliphatic rings. The van der Waals surface area contributed by atoms with E-state index in [1.165, 1.54) is 39.2 Å². The number of carbonyl (C=O) groups excluding carboxylic acids is 1. The smallest absolute Gasteiger partial charge is 0.341 e. The van der Waals surface area contributed by atoms with Crippen LogP contribution in [0.15, 0.2) is 54.7 Å². The monoisotopic (exact) mass is 468 g/mol. The van der Waals surface area contributed by atoms with Crippen molar-refractivity contribution in [3.05, 3.63) is 66.0 Å². The fraction of sp³-hybridized carbons (Fsp3) is 0.400. The van der Waals surface area contributed by atoms with Gasteiger partial charge >= 0.3 is 5.97 Å². The number of benzene rings is 2. The molecule has 0 spiro atoms. The van der Waals surface area contributed by atoms with Crippen molar-refractivity contribution in [1.29, 1.82) is 0 Å². The topological polar surface area (TPSA) is 53.3 Å². The number of hydrogen-bond donors (Lipinski definition) is 0. The van der Waals surface area contributed by atoms with Crippen molar-refractivity contribution >= 4 is 5.97 Å². The Morgan fingerprint density at radius 3 is 2.57 bits per heavy atom. The molecule has 5 rings (SSSR count). The Morgan fingerprint density at radius 2 is 1.86 bits per heavy atom. The number of methoxy groups -OCH3 is 1. The van der Waals surface area contributed by atoms with Gasteiger partial charge in [-0.3, -0.25) is 0 Å². The van der Waals surface area contributed by atoms with Crippen LogP contribution in [0.25, 0.3) is 16.8 Å². The molecule has 1 heterocycles. The zero-order chi connectivity index (χ0) is 24.4. The molecule has 5 nitrogen and oxygen atoms in total. The third-order valence-electron chi connectivity index (χ3n) is 7.46. The Hall–Kier alpha value is -3.52. The zero-order valence-electron chi connectivity index (χ0n) is 20.4. The largest absolute Gasteiger partial charge is 0.490 e. The van der Waals surface area contributed by atoms with Crippen LogP contribution in [0.2, 0.25) is 0 Å². The normalized spacial score (nSPS) is 20.6. The highest BCUT2D eigenvalue weighted by Gasteiger charge is 2.42. The second kappa shape index (κ2) is 10.00. The van der Waals surface area contributed by atoms with Gasteiger partial charge in [0.1, 0.15) is 11.3 Å². The van der Waals surface area contributed by atoms with E-state index in [0.717, 1.165) is 34.7 Å². The summed E-state index contributed by atoms with van der Waals surface area (Å²) in [6, 6.07) is 16.5. The van der Waals surface area contributed by atoms with Crippen molar-refractivity contribution in [3.63, 3.8) is 0 Å². The van der Waals surface area contributed by atoms with E-state index in [9.17, 15) is 4.79 Å². The third kappa shape index (κ3) is 4.84. The quantitative estimate of drug-likeness (QED) is 0.297. The SMILES string of the molecule is C#CC1CC1c1c(C(=O)OC)cnn1-c1cccc(-c2cccc(O[C@@H](C)C3CCCCC3)c2)c1. The van der Waals surface area contributed by atoms with Gasteiger partial charge in [0.15, 0.2) is 0 Å². The molecule has 0 saturated heterocycles. The summed E-state index contributed by atoms with van der Waals surface area (Å²) in [5, 5.41) is 4.55. The van der Waals surface area contributed by atoms with Gasteiger partial charge in [-0.25, -0.2) is 9.48 Å². The predicted octanol–water partition coefficient (Wildman–Crippen LogP) is 6.41. The first-order chi connectivity index (χ1) is 17.1. The van der Waals surface area contributed by atoms with Crippen LogP contribution in [0.5, 0.6) is 5.75 Å². The van der Waals surface area contributed by atoms with Crippen molar-refractivity contribution in [3.8, 4) is 34.9 Å². The van der Waals surface area contributed by atoms with Crippen LogP contribution >= 0.6 is 0 Å². The van der Waals surface area contributed by atoms with Crippen LogP contribution in [-0.4, -0.2) is 29.0 Å². The van der Waals surface area contributed by atoms with Crippen LogP contribution in [0.3, 0.4) is 0 Å². The zero-order valence-corrected chi connectivity index (χ0v) is 20.4. The summed E-state index contributed by atoms with van der Waals surface area (Å²) in [5.41, 5.74) is 4.33.